The molecule has 1 aliphatic carbocycles. The van der Waals surface area contributed by atoms with Crippen molar-refractivity contribution in [3.8, 4) is 5.75 Å². The van der Waals surface area contributed by atoms with Crippen LogP contribution in [0, 0.1) is 5.41 Å². The molecule has 0 atom stereocenters. The van der Waals surface area contributed by atoms with E-state index in [0.29, 0.717) is 11.2 Å². The summed E-state index contributed by atoms with van der Waals surface area (Å²) in [4.78, 5) is 9.59. The van der Waals surface area contributed by atoms with Crippen molar-refractivity contribution in [3.05, 3.63) is 29.3 Å². The number of ether oxygens (including phenoxy) is 1. The second-order valence-electron chi connectivity index (χ2n) is 5.17. The van der Waals surface area contributed by atoms with Crippen LogP contribution >= 0.6 is 0 Å². The summed E-state index contributed by atoms with van der Waals surface area (Å²) in [6.07, 6.45) is 2.24. The summed E-state index contributed by atoms with van der Waals surface area (Å²) in [5.41, 5.74) is 3.11. The Morgan fingerprint density at radius 2 is 1.82 bits per heavy atom. The number of aromatic hydroxyl groups is 1. The van der Waals surface area contributed by atoms with E-state index in [9.17, 15) is 9.90 Å². The van der Waals surface area contributed by atoms with Crippen molar-refractivity contribution >= 4 is 5.97 Å². The van der Waals surface area contributed by atoms with E-state index in [1.54, 1.807) is 6.07 Å². The molecule has 3 heteroatoms. The molecule has 0 heterocycles. The zero-order chi connectivity index (χ0) is 13.1. The Morgan fingerprint density at radius 3 is 2.35 bits per heavy atom. The van der Waals surface area contributed by atoms with Crippen molar-refractivity contribution in [2.45, 2.75) is 33.6 Å². The third-order valence-electron chi connectivity index (χ3n) is 2.82. The average molecular weight is 236 g/mol. The molecular weight excluding hydrogens is 216 g/mol. The molecule has 0 saturated carbocycles. The first kappa shape index (κ1) is 13.6. The summed E-state index contributed by atoms with van der Waals surface area (Å²) < 4.78 is 4.11. The van der Waals surface area contributed by atoms with Gasteiger partial charge in [0.15, 0.2) is 0 Å². The van der Waals surface area contributed by atoms with Crippen molar-refractivity contribution in [3.63, 3.8) is 0 Å². The number of hydrogen-bond acceptors (Lipinski definition) is 3. The third-order valence-corrected chi connectivity index (χ3v) is 2.82. The lowest BCUT2D eigenvalue weighted by atomic mass is 9.90. The summed E-state index contributed by atoms with van der Waals surface area (Å²) in [5, 5.41) is 9.27. The molecule has 0 aromatic heterocycles. The fourth-order valence-electron chi connectivity index (χ4n) is 2.04. The molecule has 1 aromatic carbocycles. The van der Waals surface area contributed by atoms with Crippen LogP contribution in [0.3, 0.4) is 0 Å². The number of phenolic OH excluding ortho intramolecular Hbond substituents is 1. The number of methoxy groups -OCH3 is 1. The Kier molecular flexibility index (Phi) is 4.16. The van der Waals surface area contributed by atoms with Gasteiger partial charge in [-0.05, 0) is 41.5 Å². The SMILES string of the molecule is CC1(C)Cc2ccc(O)cc2C1.COC(C)=O. The lowest BCUT2D eigenvalue weighted by Crippen LogP contribution is -2.09. The number of esters is 1. The first-order valence-corrected chi connectivity index (χ1v) is 5.69. The molecule has 1 aromatic rings. The van der Waals surface area contributed by atoms with Gasteiger partial charge in [-0.2, -0.15) is 0 Å². The Bertz CT molecular complexity index is 408. The highest BCUT2D eigenvalue weighted by molar-refractivity contribution is 5.65. The highest BCUT2D eigenvalue weighted by atomic mass is 16.5. The molecule has 0 bridgehead atoms. The minimum Gasteiger partial charge on any atom is -0.508 e. The molecule has 2 rings (SSSR count). The number of phenols is 1. The minimum absolute atomic E-state index is 0.245. The molecular formula is C14H20O3. The van der Waals surface area contributed by atoms with Crippen molar-refractivity contribution in [2.24, 2.45) is 5.41 Å². The number of rotatable bonds is 0. The maximum atomic E-state index is 9.59. The van der Waals surface area contributed by atoms with Crippen LogP contribution in [0.25, 0.3) is 0 Å². The summed E-state index contributed by atoms with van der Waals surface area (Å²) in [6, 6.07) is 5.71. The van der Waals surface area contributed by atoms with E-state index in [-0.39, 0.29) is 5.97 Å². The smallest absolute Gasteiger partial charge is 0.302 e. The van der Waals surface area contributed by atoms with E-state index in [1.165, 1.54) is 25.2 Å². The molecule has 0 saturated heterocycles. The fourth-order valence-corrected chi connectivity index (χ4v) is 2.04. The number of hydrogen-bond donors (Lipinski definition) is 1. The van der Waals surface area contributed by atoms with Crippen molar-refractivity contribution in [1.29, 1.82) is 0 Å². The van der Waals surface area contributed by atoms with Gasteiger partial charge in [-0.25, -0.2) is 0 Å². The molecule has 0 amide bonds. The van der Waals surface area contributed by atoms with Crippen LogP contribution < -0.4 is 0 Å². The Balaban J connectivity index is 0.000000249. The van der Waals surface area contributed by atoms with E-state index < -0.39 is 0 Å². The van der Waals surface area contributed by atoms with Gasteiger partial charge in [0.1, 0.15) is 5.75 Å². The molecule has 1 aliphatic rings. The third kappa shape index (κ3) is 4.10. The molecule has 1 N–H and O–H groups in total. The summed E-state index contributed by atoms with van der Waals surface area (Å²) >= 11 is 0. The summed E-state index contributed by atoms with van der Waals surface area (Å²) in [6.45, 7) is 5.90. The molecule has 3 nitrogen and oxygen atoms in total. The van der Waals surface area contributed by atoms with Gasteiger partial charge in [-0.1, -0.05) is 19.9 Å². The normalized spacial score (nSPS) is 15.5. The molecule has 0 aliphatic heterocycles. The van der Waals surface area contributed by atoms with Gasteiger partial charge in [-0.15, -0.1) is 0 Å². The van der Waals surface area contributed by atoms with Crippen LogP contribution in [-0.4, -0.2) is 18.2 Å². The average Bonchev–Trinajstić information content (AvgIpc) is 2.52. The van der Waals surface area contributed by atoms with Crippen molar-refractivity contribution in [1.82, 2.24) is 0 Å². The second-order valence-corrected chi connectivity index (χ2v) is 5.17. The van der Waals surface area contributed by atoms with Gasteiger partial charge >= 0.3 is 5.97 Å². The number of benzene rings is 1. The monoisotopic (exact) mass is 236 g/mol. The van der Waals surface area contributed by atoms with Crippen LogP contribution in [0.5, 0.6) is 5.75 Å². The van der Waals surface area contributed by atoms with Crippen LogP contribution in [0.2, 0.25) is 0 Å². The van der Waals surface area contributed by atoms with Crippen molar-refractivity contribution in [2.75, 3.05) is 7.11 Å². The van der Waals surface area contributed by atoms with Gasteiger partial charge in [-0.3, -0.25) is 4.79 Å². The fraction of sp³-hybridized carbons (Fsp3) is 0.500. The molecule has 0 radical (unpaired) electrons. The van der Waals surface area contributed by atoms with E-state index in [1.807, 2.05) is 12.1 Å². The zero-order valence-corrected chi connectivity index (χ0v) is 10.9. The quantitative estimate of drug-likeness (QED) is 0.704. The predicted molar refractivity (Wildman–Crippen MR) is 67.0 cm³/mol. The van der Waals surface area contributed by atoms with Gasteiger partial charge in [0.2, 0.25) is 0 Å². The molecule has 0 unspecified atom stereocenters. The topological polar surface area (TPSA) is 46.5 Å². The van der Waals surface area contributed by atoms with E-state index in [4.69, 9.17) is 0 Å². The van der Waals surface area contributed by atoms with Gasteiger partial charge in [0, 0.05) is 6.92 Å². The van der Waals surface area contributed by atoms with Crippen molar-refractivity contribution < 1.29 is 14.6 Å². The molecule has 94 valence electrons. The second kappa shape index (κ2) is 5.21. The highest BCUT2D eigenvalue weighted by Gasteiger charge is 2.27. The largest absolute Gasteiger partial charge is 0.508 e. The summed E-state index contributed by atoms with van der Waals surface area (Å²) in [5.74, 6) is 0.149. The standard InChI is InChI=1S/C11H14O.C3H6O2/c1-11(2)6-8-3-4-10(12)5-9(8)7-11;1-3(4)5-2/h3-5,12H,6-7H2,1-2H3;1-2H3. The molecule has 0 fully saturated rings. The van der Waals surface area contributed by atoms with E-state index >= 15 is 0 Å². The van der Waals surface area contributed by atoms with Crippen LogP contribution in [0.4, 0.5) is 0 Å². The van der Waals surface area contributed by atoms with E-state index in [0.717, 1.165) is 12.8 Å². The van der Waals surface area contributed by atoms with Gasteiger partial charge in [0.25, 0.3) is 0 Å². The Hall–Kier alpha value is -1.51. The van der Waals surface area contributed by atoms with Crippen LogP contribution in [-0.2, 0) is 22.4 Å². The van der Waals surface area contributed by atoms with E-state index in [2.05, 4.69) is 18.6 Å². The maximum absolute atomic E-state index is 9.59. The lowest BCUT2D eigenvalue weighted by Gasteiger charge is -2.14. The Morgan fingerprint density at radius 1 is 1.29 bits per heavy atom. The van der Waals surface area contributed by atoms with Crippen LogP contribution in [0.15, 0.2) is 18.2 Å². The molecule has 17 heavy (non-hydrogen) atoms. The predicted octanol–water partition coefficient (Wildman–Crippen LogP) is 2.70. The number of fused-ring (bicyclic) bond motifs is 1. The maximum Gasteiger partial charge on any atom is 0.302 e. The number of carbonyl (C=O) groups is 1. The minimum atomic E-state index is -0.245. The summed E-state index contributed by atoms with van der Waals surface area (Å²) in [7, 11) is 1.35. The first-order valence-electron chi connectivity index (χ1n) is 5.69. The Labute approximate surface area is 102 Å². The van der Waals surface area contributed by atoms with Gasteiger partial charge in [0.05, 0.1) is 7.11 Å². The molecule has 0 spiro atoms. The zero-order valence-electron chi connectivity index (χ0n) is 10.9. The number of carbonyl (C=O) groups excluding carboxylic acids is 1. The van der Waals surface area contributed by atoms with Gasteiger partial charge < -0.3 is 9.84 Å². The highest BCUT2D eigenvalue weighted by Crippen LogP contribution is 2.37. The van der Waals surface area contributed by atoms with Crippen LogP contribution in [0.1, 0.15) is 31.9 Å². The first-order chi connectivity index (χ1) is 7.84. The lowest BCUT2D eigenvalue weighted by molar-refractivity contribution is -0.137.